The van der Waals surface area contributed by atoms with Gasteiger partial charge in [0.25, 0.3) is 0 Å². The average molecular weight is 880 g/mol. The Balaban J connectivity index is 1.46. The number of fused-ring (bicyclic) bond motifs is 2. The molecule has 0 bridgehead atoms. The van der Waals surface area contributed by atoms with E-state index in [4.69, 9.17) is 15.7 Å². The molecule has 0 unspecified atom stereocenters. The van der Waals surface area contributed by atoms with Crippen LogP contribution < -0.4 is 5.73 Å². The number of allylic oxidation sites excluding steroid dienone is 5. The van der Waals surface area contributed by atoms with Crippen LogP contribution in [0.1, 0.15) is 101 Å². The topological polar surface area (TPSA) is 50.7 Å². The molecule has 7 rings (SSSR count). The SMILES string of the molecule is C=C/C=C(\Sc1cc2c(-c3ccc(C)cc3)c3sc(C(C)(C)C)cc3c(-c3ccc(C)cc3)c2s1)C1=C(N)C(C)=C(c2ccc(C(C)(C)C(C)(C)C)s2)C(=NC)C1=NCCC. The maximum absolute atomic E-state index is 7.39. The molecule has 61 heavy (non-hydrogen) atoms. The molecule has 3 aromatic heterocycles. The number of thioether (sulfide) groups is 1. The summed E-state index contributed by atoms with van der Waals surface area (Å²) in [4.78, 5) is 15.2. The smallest absolute Gasteiger partial charge is 0.0937 e. The molecule has 2 N–H and O–H groups in total. The molecule has 0 spiro atoms. The lowest BCUT2D eigenvalue weighted by molar-refractivity contribution is 0.230. The third-order valence-corrected chi connectivity index (χ3v) is 17.7. The van der Waals surface area contributed by atoms with E-state index in [1.807, 2.05) is 47.1 Å². The monoisotopic (exact) mass is 879 g/mol. The van der Waals surface area contributed by atoms with Crippen LogP contribution in [0.3, 0.4) is 0 Å². The van der Waals surface area contributed by atoms with Gasteiger partial charge < -0.3 is 5.73 Å². The number of hydrogen-bond donors (Lipinski definition) is 1. The lowest BCUT2D eigenvalue weighted by atomic mass is 9.68. The van der Waals surface area contributed by atoms with E-state index in [0.717, 1.165) is 45.2 Å². The molecule has 3 nitrogen and oxygen atoms in total. The number of aryl methyl sites for hydroxylation is 2. The fraction of sp³-hybridized carbons (Fsp3) is 0.333. The fourth-order valence-corrected chi connectivity index (χ4v) is 13.0. The lowest BCUT2D eigenvalue weighted by Gasteiger charge is -2.38. The molecule has 7 heteroatoms. The summed E-state index contributed by atoms with van der Waals surface area (Å²) in [5, 5.41) is 2.58. The predicted octanol–water partition coefficient (Wildman–Crippen LogP) is 16.5. The summed E-state index contributed by atoms with van der Waals surface area (Å²) >= 11 is 7.41. The molecule has 0 saturated heterocycles. The van der Waals surface area contributed by atoms with Crippen LogP contribution >= 0.6 is 45.8 Å². The van der Waals surface area contributed by atoms with Crippen molar-refractivity contribution in [3.8, 4) is 22.3 Å². The highest BCUT2D eigenvalue weighted by Crippen LogP contribution is 2.54. The standard InChI is InChI=1S/C54H61N3S4/c1-15-17-38(46-47(55)33(5)43(48(56-14)49(46)57-28-16-2)39-26-27-40(58-39)54(12,13)53(9,10)11)59-42-30-37-45(35-24-20-32(4)21-25-35)50-36(29-41(60-50)52(6,7)8)44(51(37)61-42)34-22-18-31(3)19-23-34/h15,17-27,29-30H,1,16,28,55H2,2-14H3/b38-17-,56-48?,57-49?. The van der Waals surface area contributed by atoms with Crippen LogP contribution in [0, 0.1) is 19.3 Å². The van der Waals surface area contributed by atoms with Crippen LogP contribution in [-0.4, -0.2) is 25.0 Å². The number of aliphatic imine (C=N–C) groups is 2. The quantitative estimate of drug-likeness (QED) is 0.0847. The maximum Gasteiger partial charge on any atom is 0.0937 e. The second-order valence-corrected chi connectivity index (χ2v) is 23.4. The molecule has 0 aliphatic heterocycles. The van der Waals surface area contributed by atoms with E-state index in [0.29, 0.717) is 6.54 Å². The summed E-state index contributed by atoms with van der Waals surface area (Å²) in [5.74, 6) is 0. The number of benzene rings is 3. The van der Waals surface area contributed by atoms with Gasteiger partial charge in [0.05, 0.1) is 15.6 Å². The summed E-state index contributed by atoms with van der Waals surface area (Å²) < 4.78 is 3.81. The van der Waals surface area contributed by atoms with Gasteiger partial charge in [0.2, 0.25) is 0 Å². The molecule has 1 aliphatic rings. The van der Waals surface area contributed by atoms with Gasteiger partial charge in [-0.2, -0.15) is 0 Å². The Kier molecular flexibility index (Phi) is 12.6. The van der Waals surface area contributed by atoms with E-state index in [2.05, 4.69) is 169 Å². The van der Waals surface area contributed by atoms with Crippen LogP contribution in [0.4, 0.5) is 0 Å². The highest BCUT2D eigenvalue weighted by atomic mass is 32.2. The minimum Gasteiger partial charge on any atom is -0.398 e. The maximum atomic E-state index is 7.39. The number of nitrogens with two attached hydrogens (primary N) is 1. The van der Waals surface area contributed by atoms with Crippen molar-refractivity contribution in [1.29, 1.82) is 0 Å². The Morgan fingerprint density at radius 2 is 1.31 bits per heavy atom. The van der Waals surface area contributed by atoms with Crippen LogP contribution in [0.15, 0.2) is 127 Å². The molecule has 3 heterocycles. The van der Waals surface area contributed by atoms with Gasteiger partial charge >= 0.3 is 0 Å². The number of hydrogen-bond acceptors (Lipinski definition) is 7. The molecule has 0 atom stereocenters. The second-order valence-electron chi connectivity index (χ2n) is 18.9. The summed E-state index contributed by atoms with van der Waals surface area (Å²) in [5.41, 5.74) is 20.6. The predicted molar refractivity (Wildman–Crippen MR) is 277 cm³/mol. The summed E-state index contributed by atoms with van der Waals surface area (Å²) in [6, 6.07) is 27.6. The van der Waals surface area contributed by atoms with Crippen molar-refractivity contribution in [2.24, 2.45) is 21.1 Å². The molecule has 316 valence electrons. The van der Waals surface area contributed by atoms with Gasteiger partial charge in [-0.15, -0.1) is 34.0 Å². The van der Waals surface area contributed by atoms with Gasteiger partial charge in [-0.25, -0.2) is 0 Å². The van der Waals surface area contributed by atoms with Crippen molar-refractivity contribution in [3.63, 3.8) is 0 Å². The molecule has 0 saturated carbocycles. The van der Waals surface area contributed by atoms with Gasteiger partial charge in [0.15, 0.2) is 0 Å². The van der Waals surface area contributed by atoms with Crippen molar-refractivity contribution in [3.05, 3.63) is 139 Å². The largest absolute Gasteiger partial charge is 0.398 e. The lowest BCUT2D eigenvalue weighted by Crippen LogP contribution is -2.33. The third kappa shape index (κ3) is 8.36. The summed E-state index contributed by atoms with van der Waals surface area (Å²) in [6.45, 7) is 32.1. The van der Waals surface area contributed by atoms with E-state index in [9.17, 15) is 0 Å². The molecular weight excluding hydrogens is 819 g/mol. The molecule has 1 aliphatic carbocycles. The number of nitrogens with zero attached hydrogens (tertiary/aromatic N) is 2. The first-order chi connectivity index (χ1) is 28.8. The van der Waals surface area contributed by atoms with E-state index in [-0.39, 0.29) is 16.2 Å². The summed E-state index contributed by atoms with van der Waals surface area (Å²) in [6.07, 6.45) is 4.90. The minimum atomic E-state index is -0.0162. The first-order valence-electron chi connectivity index (χ1n) is 21.3. The zero-order chi connectivity index (χ0) is 44.2. The molecule has 0 fully saturated rings. The van der Waals surface area contributed by atoms with Gasteiger partial charge in [-0.3, -0.25) is 9.98 Å². The second kappa shape index (κ2) is 17.1. The van der Waals surface area contributed by atoms with E-state index in [1.165, 1.54) is 72.4 Å². The van der Waals surface area contributed by atoms with Gasteiger partial charge in [0, 0.05) is 86.7 Å². The van der Waals surface area contributed by atoms with Crippen LogP contribution in [0.25, 0.3) is 48.0 Å². The Bertz CT molecular complexity index is 2710. The van der Waals surface area contributed by atoms with Gasteiger partial charge in [-0.05, 0) is 85.1 Å². The van der Waals surface area contributed by atoms with Crippen molar-refractivity contribution < 1.29 is 0 Å². The zero-order valence-electron chi connectivity index (χ0n) is 38.3. The van der Waals surface area contributed by atoms with Crippen LogP contribution in [-0.2, 0) is 10.8 Å². The fourth-order valence-electron chi connectivity index (χ4n) is 7.75. The van der Waals surface area contributed by atoms with Crippen molar-refractivity contribution in [2.75, 3.05) is 13.6 Å². The molecular formula is C54H61N3S4. The first-order valence-corrected chi connectivity index (χ1v) is 24.6. The molecule has 3 aromatic carbocycles. The Hall–Kier alpha value is -4.27. The van der Waals surface area contributed by atoms with Crippen molar-refractivity contribution in [1.82, 2.24) is 0 Å². The van der Waals surface area contributed by atoms with E-state index >= 15 is 0 Å². The van der Waals surface area contributed by atoms with Crippen LogP contribution in [0.5, 0.6) is 0 Å². The highest BCUT2D eigenvalue weighted by molar-refractivity contribution is 8.05. The Morgan fingerprint density at radius 1 is 0.738 bits per heavy atom. The first kappa shape index (κ1) is 44.8. The van der Waals surface area contributed by atoms with E-state index < -0.39 is 0 Å². The van der Waals surface area contributed by atoms with Crippen molar-refractivity contribution in [2.45, 2.75) is 105 Å². The highest BCUT2D eigenvalue weighted by Gasteiger charge is 2.38. The Morgan fingerprint density at radius 3 is 1.84 bits per heavy atom. The van der Waals surface area contributed by atoms with Crippen LogP contribution in [0.2, 0.25) is 0 Å². The number of rotatable bonds is 10. The van der Waals surface area contributed by atoms with Gasteiger partial charge in [-0.1, -0.05) is 146 Å². The number of thiophene rings is 3. The third-order valence-electron chi connectivity index (χ3n) is 12.4. The average Bonchev–Trinajstić information content (AvgIpc) is 3.97. The zero-order valence-corrected chi connectivity index (χ0v) is 41.6. The van der Waals surface area contributed by atoms with Crippen molar-refractivity contribution >= 4 is 82.9 Å². The Labute approximate surface area is 381 Å². The minimum absolute atomic E-state index is 0.0162. The summed E-state index contributed by atoms with van der Waals surface area (Å²) in [7, 11) is 1.89. The van der Waals surface area contributed by atoms with Gasteiger partial charge in [0.1, 0.15) is 0 Å². The normalized spacial score (nSPS) is 16.0. The molecule has 0 amide bonds. The van der Waals surface area contributed by atoms with E-state index in [1.54, 1.807) is 11.8 Å². The molecule has 6 aromatic rings. The molecule has 0 radical (unpaired) electrons.